The van der Waals surface area contributed by atoms with Gasteiger partial charge in [-0.3, -0.25) is 14.8 Å². The van der Waals surface area contributed by atoms with Crippen LogP contribution in [0.15, 0.2) is 65.2 Å². The third-order valence-electron chi connectivity index (χ3n) is 5.68. The van der Waals surface area contributed by atoms with Gasteiger partial charge in [-0.2, -0.15) is 5.10 Å². The quantitative estimate of drug-likeness (QED) is 0.498. The summed E-state index contributed by atoms with van der Waals surface area (Å²) in [4.78, 5) is 15.4. The minimum absolute atomic E-state index is 0.121. The van der Waals surface area contributed by atoms with Crippen molar-refractivity contribution in [1.29, 1.82) is 0 Å². The molecule has 0 aliphatic carbocycles. The van der Waals surface area contributed by atoms with Gasteiger partial charge in [0.25, 0.3) is 5.91 Å². The van der Waals surface area contributed by atoms with Gasteiger partial charge in [-0.05, 0) is 43.3 Å². The highest BCUT2D eigenvalue weighted by molar-refractivity contribution is 6.12. The zero-order chi connectivity index (χ0) is 21.7. The number of aromatic amines is 1. The van der Waals surface area contributed by atoms with Crippen LogP contribution in [0.1, 0.15) is 27.8 Å². The zero-order valence-electron chi connectivity index (χ0n) is 17.3. The Morgan fingerprint density at radius 2 is 1.88 bits per heavy atom. The number of carbonyl (C=O) groups is 1. The zero-order valence-corrected chi connectivity index (χ0v) is 17.3. The van der Waals surface area contributed by atoms with E-state index in [9.17, 15) is 4.79 Å². The first-order valence-corrected chi connectivity index (χ1v) is 10.4. The Hall–Kier alpha value is -4.20. The number of benzene rings is 2. The molecule has 32 heavy (non-hydrogen) atoms. The first kappa shape index (κ1) is 18.6. The van der Waals surface area contributed by atoms with Crippen LogP contribution >= 0.6 is 0 Å². The molecule has 4 aromatic rings. The number of fused-ring (bicyclic) bond motifs is 2. The lowest BCUT2D eigenvalue weighted by Crippen LogP contribution is -2.43. The third-order valence-corrected chi connectivity index (χ3v) is 5.68. The molecule has 0 spiro atoms. The van der Waals surface area contributed by atoms with Gasteiger partial charge in [0.05, 0.1) is 17.4 Å². The fraction of sp³-hybridized carbons (Fsp3) is 0.167. The van der Waals surface area contributed by atoms with Crippen molar-refractivity contribution in [3.05, 3.63) is 77.7 Å². The summed E-state index contributed by atoms with van der Waals surface area (Å²) in [6.45, 7) is 2.87. The number of nitrogens with zero attached hydrogens (tertiary/aromatic N) is 2. The number of hydrogen-bond donors (Lipinski definition) is 2. The van der Waals surface area contributed by atoms with E-state index in [1.165, 1.54) is 0 Å². The molecule has 8 nitrogen and oxygen atoms in total. The Balaban J connectivity index is 1.50. The van der Waals surface area contributed by atoms with Gasteiger partial charge in [0, 0.05) is 17.3 Å². The largest absolute Gasteiger partial charge is 0.486 e. The first-order chi connectivity index (χ1) is 15.7. The second-order valence-electron chi connectivity index (χ2n) is 7.71. The van der Waals surface area contributed by atoms with Gasteiger partial charge >= 0.3 is 0 Å². The maximum absolute atomic E-state index is 13.7. The lowest BCUT2D eigenvalue weighted by atomic mass is 10.0. The Labute approximate surface area is 183 Å². The van der Waals surface area contributed by atoms with Gasteiger partial charge in [-0.25, -0.2) is 0 Å². The first-order valence-electron chi connectivity index (χ1n) is 10.4. The molecule has 8 heteroatoms. The maximum Gasteiger partial charge on any atom is 0.262 e. The van der Waals surface area contributed by atoms with E-state index in [0.717, 1.165) is 17.0 Å². The van der Waals surface area contributed by atoms with Crippen molar-refractivity contribution in [2.24, 2.45) is 0 Å². The summed E-state index contributed by atoms with van der Waals surface area (Å²) in [7, 11) is 0. The molecule has 0 bridgehead atoms. The summed E-state index contributed by atoms with van der Waals surface area (Å²) < 4.78 is 17.3. The molecular formula is C24H20N4O4. The molecule has 4 heterocycles. The van der Waals surface area contributed by atoms with Crippen molar-refractivity contribution in [3.8, 4) is 23.0 Å². The van der Waals surface area contributed by atoms with Crippen LogP contribution in [0.25, 0.3) is 11.5 Å². The van der Waals surface area contributed by atoms with Gasteiger partial charge in [0.15, 0.2) is 17.3 Å². The number of furan rings is 1. The predicted octanol–water partition coefficient (Wildman–Crippen LogP) is 4.52. The fourth-order valence-corrected chi connectivity index (χ4v) is 4.19. The van der Waals surface area contributed by atoms with Crippen LogP contribution in [-0.2, 0) is 0 Å². The van der Waals surface area contributed by atoms with E-state index in [0.29, 0.717) is 47.4 Å². The Morgan fingerprint density at radius 3 is 2.72 bits per heavy atom. The predicted molar refractivity (Wildman–Crippen MR) is 118 cm³/mol. The van der Waals surface area contributed by atoms with Crippen LogP contribution in [0.5, 0.6) is 11.5 Å². The monoisotopic (exact) mass is 428 g/mol. The van der Waals surface area contributed by atoms with E-state index >= 15 is 0 Å². The molecule has 0 saturated heterocycles. The average molecular weight is 428 g/mol. The minimum atomic E-state index is -0.515. The Bertz CT molecular complexity index is 1330. The second-order valence-corrected chi connectivity index (χ2v) is 7.71. The number of para-hydroxylation sites is 1. The van der Waals surface area contributed by atoms with Crippen LogP contribution < -0.4 is 19.7 Å². The molecular weight excluding hydrogens is 408 g/mol. The highest BCUT2D eigenvalue weighted by atomic mass is 16.6. The number of H-pyrrole nitrogens is 1. The molecule has 0 fully saturated rings. The number of rotatable bonds is 3. The molecule has 0 saturated carbocycles. The highest BCUT2D eigenvalue weighted by Crippen LogP contribution is 2.42. The minimum Gasteiger partial charge on any atom is -0.486 e. The molecule has 2 aromatic heterocycles. The molecule has 0 radical (unpaired) electrons. The summed E-state index contributed by atoms with van der Waals surface area (Å²) in [6.07, 6.45) is 1.20. The number of amides is 1. The van der Waals surface area contributed by atoms with Crippen molar-refractivity contribution in [2.45, 2.75) is 13.1 Å². The molecule has 1 unspecified atom stereocenters. The number of anilines is 2. The molecule has 160 valence electrons. The van der Waals surface area contributed by atoms with Gasteiger partial charge in [-0.1, -0.05) is 12.1 Å². The van der Waals surface area contributed by atoms with Gasteiger partial charge in [-0.15, -0.1) is 0 Å². The summed E-state index contributed by atoms with van der Waals surface area (Å²) in [5.41, 5.74) is 3.55. The van der Waals surface area contributed by atoms with Crippen LogP contribution in [0.4, 0.5) is 11.4 Å². The van der Waals surface area contributed by atoms with Crippen molar-refractivity contribution < 1.29 is 18.7 Å². The van der Waals surface area contributed by atoms with Crippen LogP contribution in [0.2, 0.25) is 0 Å². The summed E-state index contributed by atoms with van der Waals surface area (Å²) in [5.74, 6) is 2.62. The Kier molecular flexibility index (Phi) is 4.17. The summed E-state index contributed by atoms with van der Waals surface area (Å²) >= 11 is 0. The summed E-state index contributed by atoms with van der Waals surface area (Å²) in [5, 5.41) is 10.8. The van der Waals surface area contributed by atoms with Crippen molar-refractivity contribution in [3.63, 3.8) is 0 Å². The lowest BCUT2D eigenvalue weighted by Gasteiger charge is -2.38. The van der Waals surface area contributed by atoms with Gasteiger partial charge in [0.1, 0.15) is 30.8 Å². The number of carbonyl (C=O) groups excluding carboxylic acids is 1. The number of aryl methyl sites for hydroxylation is 1. The van der Waals surface area contributed by atoms with E-state index in [4.69, 9.17) is 13.9 Å². The number of hydrogen-bond acceptors (Lipinski definition) is 6. The molecule has 6 rings (SSSR count). The van der Waals surface area contributed by atoms with Crippen molar-refractivity contribution >= 4 is 17.3 Å². The average Bonchev–Trinajstić information content (AvgIpc) is 3.47. The molecule has 1 amide bonds. The van der Waals surface area contributed by atoms with E-state index < -0.39 is 6.17 Å². The molecule has 2 aliphatic heterocycles. The smallest absolute Gasteiger partial charge is 0.262 e. The van der Waals surface area contributed by atoms with Crippen LogP contribution in [0, 0.1) is 6.92 Å². The topological polar surface area (TPSA) is 92.6 Å². The van der Waals surface area contributed by atoms with E-state index in [-0.39, 0.29) is 5.91 Å². The van der Waals surface area contributed by atoms with Gasteiger partial charge in [0.2, 0.25) is 0 Å². The standard InChI is InChI=1S/C24H20N4O4/c1-14-6-8-20(32-14)22-17(13-25-27-22)23-26-18-5-3-2-4-16(18)24(29)28(23)15-7-9-19-21(12-15)31-11-10-30-19/h2-9,12-13,23,26H,10-11H2,1H3,(H,25,27). The van der Waals surface area contributed by atoms with Gasteiger partial charge < -0.3 is 19.2 Å². The van der Waals surface area contributed by atoms with Crippen molar-refractivity contribution in [1.82, 2.24) is 10.2 Å². The van der Waals surface area contributed by atoms with E-state index in [2.05, 4.69) is 15.5 Å². The SMILES string of the molecule is Cc1ccc(-c2[nH]ncc2C2Nc3ccccc3C(=O)N2c2ccc3c(c2)OCCO3)o1. The fourth-order valence-electron chi connectivity index (χ4n) is 4.19. The number of aromatic nitrogens is 2. The summed E-state index contributed by atoms with van der Waals surface area (Å²) in [6, 6.07) is 16.8. The molecule has 2 N–H and O–H groups in total. The van der Waals surface area contributed by atoms with E-state index in [1.54, 1.807) is 11.1 Å². The normalized spacial score (nSPS) is 17.1. The molecule has 2 aromatic carbocycles. The second kappa shape index (κ2) is 7.19. The Morgan fingerprint density at radius 1 is 1.03 bits per heavy atom. The molecule has 2 aliphatic rings. The third kappa shape index (κ3) is 2.91. The lowest BCUT2D eigenvalue weighted by molar-refractivity contribution is 0.0974. The van der Waals surface area contributed by atoms with Crippen molar-refractivity contribution in [2.75, 3.05) is 23.4 Å². The number of ether oxygens (including phenoxy) is 2. The molecule has 1 atom stereocenters. The number of nitrogens with one attached hydrogen (secondary N) is 2. The maximum atomic E-state index is 13.7. The van der Waals surface area contributed by atoms with E-state index in [1.807, 2.05) is 61.5 Å². The van der Waals surface area contributed by atoms with Crippen LogP contribution in [0.3, 0.4) is 0 Å². The highest BCUT2D eigenvalue weighted by Gasteiger charge is 2.37. The van der Waals surface area contributed by atoms with Crippen LogP contribution in [-0.4, -0.2) is 29.3 Å².